The third-order valence-electron chi connectivity index (χ3n) is 10.6. The van der Waals surface area contributed by atoms with E-state index in [4.69, 9.17) is 10.5 Å². The van der Waals surface area contributed by atoms with Crippen molar-refractivity contribution in [3.8, 4) is 0 Å². The highest BCUT2D eigenvalue weighted by Gasteiger charge is 2.70. The van der Waals surface area contributed by atoms with Crippen molar-refractivity contribution in [1.29, 1.82) is 0 Å². The first-order chi connectivity index (χ1) is 19.8. The van der Waals surface area contributed by atoms with E-state index in [2.05, 4.69) is 45.3 Å². The average Bonchev–Trinajstić information content (AvgIpc) is 3.70. The number of hydrogen-bond donors (Lipinski definition) is 3. The Labute approximate surface area is 264 Å². The number of Topliss-reactive ketones (excluding diaryl/α,β-unsaturated/α-hetero) is 1. The van der Waals surface area contributed by atoms with E-state index < -0.39 is 52.2 Å². The summed E-state index contributed by atoms with van der Waals surface area (Å²) in [5, 5.41) is 5.80. The lowest BCUT2D eigenvalue weighted by molar-refractivity contribution is -0.147. The average molecular weight is 619 g/mol. The Kier molecular flexibility index (Phi) is 9.84. The van der Waals surface area contributed by atoms with E-state index in [-0.39, 0.29) is 46.8 Å². The van der Waals surface area contributed by atoms with E-state index in [1.54, 1.807) is 4.90 Å². The Balaban J connectivity index is 1.77. The first-order valence-corrected chi connectivity index (χ1v) is 16.2. The fourth-order valence-corrected chi connectivity index (χ4v) is 6.26. The van der Waals surface area contributed by atoms with Crippen molar-refractivity contribution in [3.63, 3.8) is 0 Å². The third-order valence-corrected chi connectivity index (χ3v) is 10.6. The molecule has 2 aliphatic carbocycles. The van der Waals surface area contributed by atoms with Crippen molar-refractivity contribution in [1.82, 2.24) is 15.5 Å². The highest BCUT2D eigenvalue weighted by Crippen LogP contribution is 2.65. The van der Waals surface area contributed by atoms with Crippen LogP contribution in [0.3, 0.4) is 0 Å². The predicted molar refractivity (Wildman–Crippen MR) is 169 cm³/mol. The summed E-state index contributed by atoms with van der Waals surface area (Å²) >= 11 is 0. The van der Waals surface area contributed by atoms with Gasteiger partial charge in [0, 0.05) is 13.0 Å². The van der Waals surface area contributed by atoms with Gasteiger partial charge in [0.25, 0.3) is 5.91 Å². The lowest BCUT2D eigenvalue weighted by Crippen LogP contribution is -2.60. The second kappa shape index (κ2) is 12.0. The van der Waals surface area contributed by atoms with Crippen molar-refractivity contribution in [3.05, 3.63) is 0 Å². The van der Waals surface area contributed by atoms with Crippen LogP contribution in [0.2, 0.25) is 0 Å². The van der Waals surface area contributed by atoms with Gasteiger partial charge >= 0.3 is 0 Å². The Morgan fingerprint density at radius 2 is 1.50 bits per heavy atom. The topological polar surface area (TPSA) is 148 Å². The second-order valence-electron chi connectivity index (χ2n) is 17.6. The summed E-state index contributed by atoms with van der Waals surface area (Å²) in [6.07, 6.45) is 2.40. The van der Waals surface area contributed by atoms with Gasteiger partial charge in [0.05, 0.1) is 18.2 Å². The minimum absolute atomic E-state index is 0.0877. The molecule has 3 fully saturated rings. The van der Waals surface area contributed by atoms with Gasteiger partial charge in [0.2, 0.25) is 23.5 Å². The third kappa shape index (κ3) is 8.01. The van der Waals surface area contributed by atoms with Gasteiger partial charge in [-0.2, -0.15) is 0 Å². The maximum atomic E-state index is 14.2. The number of primary amides is 1. The first-order valence-electron chi connectivity index (χ1n) is 16.2. The molecule has 0 aromatic rings. The van der Waals surface area contributed by atoms with Gasteiger partial charge in [-0.15, -0.1) is 0 Å². The molecule has 4 amide bonds. The van der Waals surface area contributed by atoms with Gasteiger partial charge < -0.3 is 26.0 Å². The van der Waals surface area contributed by atoms with Crippen LogP contribution in [-0.4, -0.2) is 71.2 Å². The van der Waals surface area contributed by atoms with Gasteiger partial charge in [-0.3, -0.25) is 24.0 Å². The highest BCUT2D eigenvalue weighted by molar-refractivity contribution is 6.37. The molecule has 1 saturated heterocycles. The Morgan fingerprint density at radius 1 is 0.932 bits per heavy atom. The zero-order chi connectivity index (χ0) is 33.8. The molecule has 3 rings (SSSR count). The van der Waals surface area contributed by atoms with E-state index >= 15 is 0 Å². The quantitative estimate of drug-likeness (QED) is 0.269. The van der Waals surface area contributed by atoms with Crippen LogP contribution in [0.1, 0.15) is 109 Å². The summed E-state index contributed by atoms with van der Waals surface area (Å²) in [4.78, 5) is 67.4. The monoisotopic (exact) mass is 618 g/mol. The smallest absolute Gasteiger partial charge is 0.287 e. The molecule has 2 saturated carbocycles. The van der Waals surface area contributed by atoms with Crippen molar-refractivity contribution in [2.75, 3.05) is 13.2 Å². The lowest BCUT2D eigenvalue weighted by Gasteiger charge is -2.41. The highest BCUT2D eigenvalue weighted by atomic mass is 16.5. The molecule has 250 valence electrons. The lowest BCUT2D eigenvalue weighted by atomic mass is 9.78. The minimum Gasteiger partial charge on any atom is -0.374 e. The molecule has 1 aliphatic heterocycles. The second-order valence-corrected chi connectivity index (χ2v) is 17.6. The van der Waals surface area contributed by atoms with Crippen LogP contribution >= 0.6 is 0 Å². The summed E-state index contributed by atoms with van der Waals surface area (Å²) in [5.74, 6) is -2.62. The number of carbonyl (C=O) groups is 5. The number of ketones is 1. The Hall–Kier alpha value is -2.49. The summed E-state index contributed by atoms with van der Waals surface area (Å²) in [6.45, 7) is 25.0. The van der Waals surface area contributed by atoms with Crippen LogP contribution in [0.15, 0.2) is 0 Å². The molecule has 0 aromatic carbocycles. The normalized spacial score (nSPS) is 24.6. The van der Waals surface area contributed by atoms with Gasteiger partial charge in [-0.1, -0.05) is 82.1 Å². The standard InChI is InChI=1S/C34H58N4O6/c1-30(2,3)26(37-22(39)16-32(7,8)18-44-34(11,12)31(4,5)6)29(43)38-17-20-23(33(20,9)10)24(38)28(42)36-21(15-19-13-14-19)25(40)27(35)41/h19-21,23-24,26H,13-18H2,1-12H3,(H2,35,41)(H,36,42)(H,37,39)/t20-,21?,23-,24-,26+/m0/s1. The molecule has 0 bridgehead atoms. The maximum absolute atomic E-state index is 14.2. The predicted octanol–water partition coefficient (Wildman–Crippen LogP) is 3.60. The zero-order valence-corrected chi connectivity index (χ0v) is 29.2. The number of piperidine rings is 1. The molecule has 0 radical (unpaired) electrons. The number of ether oxygens (including phenoxy) is 1. The zero-order valence-electron chi connectivity index (χ0n) is 29.2. The van der Waals surface area contributed by atoms with E-state index in [9.17, 15) is 24.0 Å². The molecule has 10 nitrogen and oxygen atoms in total. The number of fused-ring (bicyclic) bond motifs is 1. The molecule has 5 atom stereocenters. The van der Waals surface area contributed by atoms with Gasteiger partial charge in [-0.05, 0) is 59.7 Å². The van der Waals surface area contributed by atoms with E-state index in [0.717, 1.165) is 12.8 Å². The number of likely N-dealkylation sites (tertiary alicyclic amines) is 1. The van der Waals surface area contributed by atoms with Crippen LogP contribution in [0.5, 0.6) is 0 Å². The molecular formula is C34H58N4O6. The summed E-state index contributed by atoms with van der Waals surface area (Å²) in [6, 6.07) is -2.68. The van der Waals surface area contributed by atoms with Crippen LogP contribution in [0.25, 0.3) is 0 Å². The van der Waals surface area contributed by atoms with Crippen LogP contribution in [0.4, 0.5) is 0 Å². The number of hydrogen-bond acceptors (Lipinski definition) is 6. The maximum Gasteiger partial charge on any atom is 0.287 e. The number of nitrogens with zero attached hydrogens (tertiary/aromatic N) is 1. The molecule has 3 aliphatic rings. The largest absolute Gasteiger partial charge is 0.374 e. The van der Waals surface area contributed by atoms with E-state index in [1.807, 2.05) is 48.5 Å². The molecule has 4 N–H and O–H groups in total. The summed E-state index contributed by atoms with van der Waals surface area (Å²) in [7, 11) is 0. The SMILES string of the molecule is CC(C)(COC(C)(C)C(C)(C)C)CC(=O)N[C@H](C(=O)N1C[C@H]2[C@@H]([C@H]1C(=O)NC(CC1CC1)C(=O)C(N)=O)C2(C)C)C(C)(C)C. The number of nitrogens with one attached hydrogen (secondary N) is 2. The first kappa shape index (κ1) is 36.0. The van der Waals surface area contributed by atoms with E-state index in [0.29, 0.717) is 19.6 Å². The van der Waals surface area contributed by atoms with Crippen LogP contribution in [-0.2, 0) is 28.7 Å². The van der Waals surface area contributed by atoms with Gasteiger partial charge in [0.1, 0.15) is 12.1 Å². The number of amides is 4. The van der Waals surface area contributed by atoms with Crippen molar-refractivity contribution in [2.45, 2.75) is 132 Å². The molecule has 0 aromatic heterocycles. The van der Waals surface area contributed by atoms with Gasteiger partial charge in [0.15, 0.2) is 0 Å². The molecular weight excluding hydrogens is 560 g/mol. The van der Waals surface area contributed by atoms with Crippen LogP contribution < -0.4 is 16.4 Å². The van der Waals surface area contributed by atoms with E-state index in [1.165, 1.54) is 0 Å². The molecule has 44 heavy (non-hydrogen) atoms. The van der Waals surface area contributed by atoms with Crippen molar-refractivity contribution in [2.24, 2.45) is 45.1 Å². The fraction of sp³-hybridized carbons (Fsp3) is 0.853. The fourth-order valence-electron chi connectivity index (χ4n) is 6.26. The summed E-state index contributed by atoms with van der Waals surface area (Å²) < 4.78 is 6.28. The number of carbonyl (C=O) groups excluding carboxylic acids is 5. The summed E-state index contributed by atoms with van der Waals surface area (Å²) in [5.41, 5.74) is 3.54. The van der Waals surface area contributed by atoms with Crippen molar-refractivity contribution < 1.29 is 28.7 Å². The number of rotatable bonds is 13. The molecule has 1 unspecified atom stereocenters. The Morgan fingerprint density at radius 3 is 1.98 bits per heavy atom. The van der Waals surface area contributed by atoms with Crippen LogP contribution in [0, 0.1) is 39.4 Å². The minimum atomic E-state index is -1.08. The van der Waals surface area contributed by atoms with Gasteiger partial charge in [-0.25, -0.2) is 0 Å². The Bertz CT molecular complexity index is 1160. The molecule has 0 spiro atoms. The van der Waals surface area contributed by atoms with Crippen molar-refractivity contribution >= 4 is 29.4 Å². The molecule has 10 heteroatoms. The number of nitrogens with two attached hydrogens (primary N) is 1. The molecule has 1 heterocycles.